The summed E-state index contributed by atoms with van der Waals surface area (Å²) < 4.78 is 0. The van der Waals surface area contributed by atoms with Crippen molar-refractivity contribution in [3.8, 4) is 17.3 Å². The van der Waals surface area contributed by atoms with Crippen molar-refractivity contribution in [3.63, 3.8) is 0 Å². The highest BCUT2D eigenvalue weighted by molar-refractivity contribution is 6.11. The molecule has 0 amide bonds. The number of H-pyrrole nitrogens is 1. The maximum absolute atomic E-state index is 9.49. The second-order valence-corrected chi connectivity index (χ2v) is 9.82. The van der Waals surface area contributed by atoms with Gasteiger partial charge in [0.05, 0.1) is 28.7 Å². The first kappa shape index (κ1) is 24.3. The lowest BCUT2D eigenvalue weighted by atomic mass is 9.86. The highest BCUT2D eigenvalue weighted by Crippen LogP contribution is 2.34. The van der Waals surface area contributed by atoms with Crippen LogP contribution in [0, 0.1) is 11.3 Å². The molecule has 0 saturated heterocycles. The van der Waals surface area contributed by atoms with Crippen LogP contribution in [0.3, 0.4) is 0 Å². The summed E-state index contributed by atoms with van der Waals surface area (Å²) >= 11 is 0. The van der Waals surface area contributed by atoms with E-state index in [9.17, 15) is 5.26 Å². The molecule has 0 fully saturated rings. The summed E-state index contributed by atoms with van der Waals surface area (Å²) in [6.45, 7) is 8.64. The summed E-state index contributed by atoms with van der Waals surface area (Å²) in [5.41, 5.74) is 5.29. The topological polar surface area (TPSA) is 84.7 Å². The average Bonchev–Trinajstić information content (AvgIpc) is 3.38. The largest absolute Gasteiger partial charge is 0.373 e. The number of nitrogens with one attached hydrogen (secondary N) is 1. The lowest BCUT2D eigenvalue weighted by Gasteiger charge is -2.26. The first-order chi connectivity index (χ1) is 17.9. The minimum absolute atomic E-state index is 0.536. The molecular formula is C30H31N7. The van der Waals surface area contributed by atoms with Crippen LogP contribution in [0.4, 0.5) is 11.5 Å². The zero-order valence-electron chi connectivity index (χ0n) is 21.7. The van der Waals surface area contributed by atoms with Crippen LogP contribution in [0.15, 0.2) is 73.1 Å². The molecule has 0 aliphatic carbocycles. The Balaban J connectivity index is 1.47. The van der Waals surface area contributed by atoms with Gasteiger partial charge in [0, 0.05) is 54.9 Å². The van der Waals surface area contributed by atoms with Gasteiger partial charge in [-0.3, -0.25) is 10.1 Å². The number of anilines is 2. The summed E-state index contributed by atoms with van der Waals surface area (Å²) in [5, 5.41) is 19.4. The summed E-state index contributed by atoms with van der Waals surface area (Å²) in [6, 6.07) is 22.9. The van der Waals surface area contributed by atoms with Gasteiger partial charge >= 0.3 is 0 Å². The normalized spacial score (nSPS) is 11.5. The monoisotopic (exact) mass is 489 g/mol. The Bertz CT molecular complexity index is 1560. The zero-order chi connectivity index (χ0) is 26.0. The third-order valence-corrected chi connectivity index (χ3v) is 7.04. The molecule has 0 radical (unpaired) electrons. The molecule has 0 unspecified atom stereocenters. The van der Waals surface area contributed by atoms with E-state index < -0.39 is 5.41 Å². The van der Waals surface area contributed by atoms with Crippen molar-refractivity contribution in [2.75, 3.05) is 36.5 Å². The van der Waals surface area contributed by atoms with Crippen molar-refractivity contribution in [1.29, 1.82) is 5.26 Å². The molecule has 5 aromatic rings. The molecule has 0 spiro atoms. The number of benzene rings is 2. The van der Waals surface area contributed by atoms with E-state index in [0.717, 1.165) is 69.8 Å². The van der Waals surface area contributed by atoms with E-state index in [2.05, 4.69) is 74.3 Å². The van der Waals surface area contributed by atoms with Crippen molar-refractivity contribution in [2.24, 2.45) is 0 Å². The number of rotatable bonds is 8. The van der Waals surface area contributed by atoms with E-state index in [4.69, 9.17) is 0 Å². The standard InChI is InChI=1S/C30H31N7/c1-5-37(27-8-6-7-15-32-27)17-16-36(4)23-13-14-25-24(18-23)28-26(19-33-25)34-35-29(28)21-9-11-22(12-10-21)30(2,3)20-31/h6-15,18-19H,5,16-17H2,1-4H3,(H,34,35). The average molecular weight is 490 g/mol. The maximum Gasteiger partial charge on any atom is 0.128 e. The van der Waals surface area contributed by atoms with Gasteiger partial charge in [0.25, 0.3) is 0 Å². The maximum atomic E-state index is 9.49. The van der Waals surface area contributed by atoms with E-state index in [1.807, 2.05) is 62.6 Å². The van der Waals surface area contributed by atoms with Crippen LogP contribution in [-0.4, -0.2) is 46.8 Å². The number of aromatic nitrogens is 4. The Kier molecular flexibility index (Phi) is 6.49. The number of nitriles is 1. The Labute approximate surface area is 217 Å². The fraction of sp³-hybridized carbons (Fsp3) is 0.267. The third-order valence-electron chi connectivity index (χ3n) is 7.04. The van der Waals surface area contributed by atoms with Crippen LogP contribution in [0.25, 0.3) is 33.1 Å². The number of aromatic amines is 1. The van der Waals surface area contributed by atoms with Crippen molar-refractivity contribution in [2.45, 2.75) is 26.2 Å². The van der Waals surface area contributed by atoms with E-state index in [1.54, 1.807) is 0 Å². The Morgan fingerprint density at radius 3 is 2.51 bits per heavy atom. The van der Waals surface area contributed by atoms with Gasteiger partial charge in [-0.05, 0) is 56.7 Å². The second-order valence-electron chi connectivity index (χ2n) is 9.82. The summed E-state index contributed by atoms with van der Waals surface area (Å²) in [7, 11) is 2.12. The van der Waals surface area contributed by atoms with Crippen molar-refractivity contribution >= 4 is 33.3 Å². The predicted molar refractivity (Wildman–Crippen MR) is 151 cm³/mol. The van der Waals surface area contributed by atoms with Gasteiger partial charge in [-0.1, -0.05) is 30.3 Å². The molecule has 0 saturated carbocycles. The smallest absolute Gasteiger partial charge is 0.128 e. The lowest BCUT2D eigenvalue weighted by molar-refractivity contribution is 0.687. The molecule has 7 nitrogen and oxygen atoms in total. The molecule has 0 atom stereocenters. The minimum atomic E-state index is -0.536. The first-order valence-electron chi connectivity index (χ1n) is 12.6. The Morgan fingerprint density at radius 1 is 1.00 bits per heavy atom. The number of hydrogen-bond donors (Lipinski definition) is 1. The molecule has 3 heterocycles. The molecule has 0 aliphatic heterocycles. The van der Waals surface area contributed by atoms with Crippen LogP contribution in [0.1, 0.15) is 26.3 Å². The lowest BCUT2D eigenvalue weighted by Crippen LogP contribution is -2.33. The van der Waals surface area contributed by atoms with Crippen molar-refractivity contribution in [1.82, 2.24) is 20.2 Å². The number of hydrogen-bond acceptors (Lipinski definition) is 6. The van der Waals surface area contributed by atoms with Crippen LogP contribution in [-0.2, 0) is 5.41 Å². The number of likely N-dealkylation sites (N-methyl/N-ethyl adjacent to an activating group) is 2. The molecule has 7 heteroatoms. The number of pyridine rings is 2. The Hall–Kier alpha value is -4.44. The molecule has 5 rings (SSSR count). The van der Waals surface area contributed by atoms with E-state index >= 15 is 0 Å². The molecule has 2 aromatic carbocycles. The molecular weight excluding hydrogens is 458 g/mol. The fourth-order valence-corrected chi connectivity index (χ4v) is 4.62. The van der Waals surface area contributed by atoms with Gasteiger partial charge in [-0.25, -0.2) is 4.98 Å². The summed E-state index contributed by atoms with van der Waals surface area (Å²) in [6.07, 6.45) is 3.68. The van der Waals surface area contributed by atoms with Crippen LogP contribution < -0.4 is 9.80 Å². The molecule has 0 aliphatic rings. The van der Waals surface area contributed by atoms with Crippen LogP contribution in [0.2, 0.25) is 0 Å². The van der Waals surface area contributed by atoms with E-state index in [0.29, 0.717) is 0 Å². The molecule has 186 valence electrons. The predicted octanol–water partition coefficient (Wildman–Crippen LogP) is 5.94. The van der Waals surface area contributed by atoms with Gasteiger partial charge in [-0.2, -0.15) is 10.4 Å². The first-order valence-corrected chi connectivity index (χ1v) is 12.6. The zero-order valence-corrected chi connectivity index (χ0v) is 21.7. The van der Waals surface area contributed by atoms with E-state index in [-0.39, 0.29) is 0 Å². The SMILES string of the molecule is CCN(CCN(C)c1ccc2ncc3[nH]nc(-c4ccc(C(C)(C)C#N)cc4)c3c2c1)c1ccccn1. The summed E-state index contributed by atoms with van der Waals surface area (Å²) in [4.78, 5) is 13.7. The molecule has 0 bridgehead atoms. The van der Waals surface area contributed by atoms with Crippen LogP contribution >= 0.6 is 0 Å². The van der Waals surface area contributed by atoms with Gasteiger partial charge in [-0.15, -0.1) is 0 Å². The second kappa shape index (κ2) is 9.90. The number of fused-ring (bicyclic) bond motifs is 3. The fourth-order valence-electron chi connectivity index (χ4n) is 4.62. The van der Waals surface area contributed by atoms with Crippen molar-refractivity contribution < 1.29 is 0 Å². The molecule has 1 N–H and O–H groups in total. The van der Waals surface area contributed by atoms with E-state index in [1.165, 1.54) is 0 Å². The van der Waals surface area contributed by atoms with Gasteiger partial charge in [0.1, 0.15) is 11.5 Å². The highest BCUT2D eigenvalue weighted by atomic mass is 15.2. The van der Waals surface area contributed by atoms with Crippen LogP contribution in [0.5, 0.6) is 0 Å². The third kappa shape index (κ3) is 4.70. The molecule has 37 heavy (non-hydrogen) atoms. The Morgan fingerprint density at radius 2 is 1.81 bits per heavy atom. The van der Waals surface area contributed by atoms with Crippen molar-refractivity contribution in [3.05, 3.63) is 78.6 Å². The minimum Gasteiger partial charge on any atom is -0.373 e. The quantitative estimate of drug-likeness (QED) is 0.290. The number of nitrogens with zero attached hydrogens (tertiary/aromatic N) is 6. The summed E-state index contributed by atoms with van der Waals surface area (Å²) in [5.74, 6) is 0.995. The molecule has 3 aromatic heterocycles. The highest BCUT2D eigenvalue weighted by Gasteiger charge is 2.20. The van der Waals surface area contributed by atoms with Gasteiger partial charge < -0.3 is 9.80 Å². The van der Waals surface area contributed by atoms with Gasteiger partial charge in [0.2, 0.25) is 0 Å². The van der Waals surface area contributed by atoms with Gasteiger partial charge in [0.15, 0.2) is 0 Å².